The lowest BCUT2D eigenvalue weighted by Crippen LogP contribution is -2.15. The molecule has 0 amide bonds. The number of ether oxygens (including phenoxy) is 2. The van der Waals surface area contributed by atoms with Gasteiger partial charge in [0.2, 0.25) is 0 Å². The molecule has 0 aliphatic heterocycles. The number of carbonyl (C=O) groups excluding carboxylic acids is 2. The van der Waals surface area contributed by atoms with E-state index in [9.17, 15) is 9.59 Å². The summed E-state index contributed by atoms with van der Waals surface area (Å²) in [4.78, 5) is 20.7. The van der Waals surface area contributed by atoms with Gasteiger partial charge in [0.15, 0.2) is 0 Å². The third-order valence-electron chi connectivity index (χ3n) is 3.37. The molecule has 0 aliphatic carbocycles. The Hall–Kier alpha value is -2.45. The van der Waals surface area contributed by atoms with Crippen molar-refractivity contribution in [2.45, 2.75) is 20.3 Å². The van der Waals surface area contributed by atoms with Gasteiger partial charge in [-0.25, -0.2) is 0 Å². The quantitative estimate of drug-likeness (QED) is 0.300. The van der Waals surface area contributed by atoms with Gasteiger partial charge in [-0.15, -0.1) is 0 Å². The molecule has 5 heteroatoms. The SMILES string of the molecule is C=CCOC(C)=O.CC(=O)OCCCP(c1ccccc1)c1ccccc1. The lowest BCUT2D eigenvalue weighted by Gasteiger charge is -2.18. The van der Waals surface area contributed by atoms with Gasteiger partial charge < -0.3 is 9.47 Å². The lowest BCUT2D eigenvalue weighted by atomic mass is 10.4. The summed E-state index contributed by atoms with van der Waals surface area (Å²) >= 11 is 0. The number of hydrogen-bond acceptors (Lipinski definition) is 4. The van der Waals surface area contributed by atoms with Crippen LogP contribution >= 0.6 is 7.92 Å². The van der Waals surface area contributed by atoms with Gasteiger partial charge in [0.1, 0.15) is 6.61 Å². The molecule has 0 spiro atoms. The molecule has 0 bridgehead atoms. The normalized spacial score (nSPS) is 9.74. The van der Waals surface area contributed by atoms with Crippen LogP contribution < -0.4 is 10.6 Å². The molecule has 0 atom stereocenters. The van der Waals surface area contributed by atoms with Crippen molar-refractivity contribution >= 4 is 30.5 Å². The van der Waals surface area contributed by atoms with E-state index in [1.54, 1.807) is 0 Å². The third-order valence-corrected chi connectivity index (χ3v) is 5.98. The molecule has 0 saturated carbocycles. The fourth-order valence-corrected chi connectivity index (χ4v) is 4.56. The van der Waals surface area contributed by atoms with Gasteiger partial charge in [0.05, 0.1) is 6.61 Å². The maximum Gasteiger partial charge on any atom is 0.302 e. The predicted molar refractivity (Wildman–Crippen MR) is 112 cm³/mol. The van der Waals surface area contributed by atoms with Crippen LogP contribution in [0.4, 0.5) is 0 Å². The molecule has 2 aromatic rings. The van der Waals surface area contributed by atoms with E-state index >= 15 is 0 Å². The number of hydrogen-bond donors (Lipinski definition) is 0. The highest BCUT2D eigenvalue weighted by Gasteiger charge is 2.12. The highest BCUT2D eigenvalue weighted by Crippen LogP contribution is 2.33. The summed E-state index contributed by atoms with van der Waals surface area (Å²) in [6.45, 7) is 7.00. The van der Waals surface area contributed by atoms with Crippen LogP contribution in [0.25, 0.3) is 0 Å². The molecule has 0 N–H and O–H groups in total. The second kappa shape index (κ2) is 13.7. The first-order valence-corrected chi connectivity index (χ1v) is 10.3. The molecule has 0 fully saturated rings. The number of carbonyl (C=O) groups is 2. The Morgan fingerprint density at radius 1 is 0.889 bits per heavy atom. The molecule has 0 heterocycles. The van der Waals surface area contributed by atoms with Crippen molar-refractivity contribution in [1.82, 2.24) is 0 Å². The van der Waals surface area contributed by atoms with E-state index in [1.165, 1.54) is 30.5 Å². The van der Waals surface area contributed by atoms with Crippen molar-refractivity contribution in [2.24, 2.45) is 0 Å². The first-order valence-electron chi connectivity index (χ1n) is 8.80. The Bertz CT molecular complexity index is 646. The lowest BCUT2D eigenvalue weighted by molar-refractivity contribution is -0.141. The van der Waals surface area contributed by atoms with Gasteiger partial charge in [0.25, 0.3) is 0 Å². The summed E-state index contributed by atoms with van der Waals surface area (Å²) in [5.41, 5.74) is 0. The van der Waals surface area contributed by atoms with E-state index in [4.69, 9.17) is 4.74 Å². The fourth-order valence-electron chi connectivity index (χ4n) is 2.24. The maximum absolute atomic E-state index is 10.8. The summed E-state index contributed by atoms with van der Waals surface area (Å²) in [6.07, 6.45) is 3.47. The van der Waals surface area contributed by atoms with Crippen LogP contribution in [0.3, 0.4) is 0 Å². The van der Waals surface area contributed by atoms with E-state index in [2.05, 4.69) is 59.8 Å². The Labute approximate surface area is 163 Å². The first-order chi connectivity index (χ1) is 13.0. The molecule has 2 rings (SSSR count). The number of benzene rings is 2. The summed E-state index contributed by atoms with van der Waals surface area (Å²) in [5, 5.41) is 2.74. The summed E-state index contributed by atoms with van der Waals surface area (Å²) in [7, 11) is -0.373. The van der Waals surface area contributed by atoms with Crippen molar-refractivity contribution in [2.75, 3.05) is 19.4 Å². The van der Waals surface area contributed by atoms with Gasteiger partial charge in [-0.05, 0) is 31.1 Å². The smallest absolute Gasteiger partial charge is 0.302 e. The Morgan fingerprint density at radius 2 is 1.37 bits per heavy atom. The Morgan fingerprint density at radius 3 is 1.74 bits per heavy atom. The number of rotatable bonds is 8. The second-order valence-corrected chi connectivity index (χ2v) is 7.94. The summed E-state index contributed by atoms with van der Waals surface area (Å²) in [5.74, 6) is -0.464. The van der Waals surface area contributed by atoms with Crippen molar-refractivity contribution in [3.8, 4) is 0 Å². The van der Waals surface area contributed by atoms with E-state index < -0.39 is 0 Å². The van der Waals surface area contributed by atoms with Crippen LogP contribution in [0.5, 0.6) is 0 Å². The standard InChI is InChI=1S/C17H19O2P.C5H8O2/c1-15(18)19-13-8-14-20(16-9-4-2-5-10-16)17-11-6-3-7-12-17;1-3-4-7-5(2)6/h2-7,9-12H,8,13-14H2,1H3;3H,1,4H2,2H3. The molecule has 0 aliphatic rings. The molecule has 144 valence electrons. The minimum atomic E-state index is -0.373. The highest BCUT2D eigenvalue weighted by atomic mass is 31.1. The maximum atomic E-state index is 10.8. The van der Waals surface area contributed by atoms with Crippen LogP contribution in [-0.2, 0) is 19.1 Å². The molecular formula is C22H27O4P. The van der Waals surface area contributed by atoms with Gasteiger partial charge in [-0.1, -0.05) is 73.3 Å². The molecule has 27 heavy (non-hydrogen) atoms. The van der Waals surface area contributed by atoms with E-state index in [0.717, 1.165) is 12.6 Å². The van der Waals surface area contributed by atoms with Crippen LogP contribution in [0.2, 0.25) is 0 Å². The molecule has 4 nitrogen and oxygen atoms in total. The molecular weight excluding hydrogens is 359 g/mol. The van der Waals surface area contributed by atoms with E-state index in [0.29, 0.717) is 13.2 Å². The van der Waals surface area contributed by atoms with Crippen LogP contribution in [0.1, 0.15) is 20.3 Å². The monoisotopic (exact) mass is 386 g/mol. The summed E-state index contributed by atoms with van der Waals surface area (Å²) < 4.78 is 9.47. The predicted octanol–water partition coefficient (Wildman–Crippen LogP) is 3.81. The van der Waals surface area contributed by atoms with Crippen LogP contribution in [0.15, 0.2) is 73.3 Å². The molecule has 2 aromatic carbocycles. The van der Waals surface area contributed by atoms with Crippen molar-refractivity contribution in [1.29, 1.82) is 0 Å². The van der Waals surface area contributed by atoms with Crippen LogP contribution in [0, 0.1) is 0 Å². The second-order valence-electron chi connectivity index (χ2n) is 5.61. The van der Waals surface area contributed by atoms with Gasteiger partial charge in [0, 0.05) is 13.8 Å². The number of esters is 2. The third kappa shape index (κ3) is 10.3. The minimum absolute atomic E-state index is 0.200. The summed E-state index contributed by atoms with van der Waals surface area (Å²) in [6, 6.07) is 21.2. The minimum Gasteiger partial charge on any atom is -0.466 e. The van der Waals surface area contributed by atoms with Gasteiger partial charge >= 0.3 is 11.9 Å². The zero-order valence-corrected chi connectivity index (χ0v) is 16.9. The molecule has 0 radical (unpaired) electrons. The Kier molecular flexibility index (Phi) is 11.5. The first kappa shape index (κ1) is 22.6. The van der Waals surface area contributed by atoms with Crippen molar-refractivity contribution < 1.29 is 19.1 Å². The van der Waals surface area contributed by atoms with Crippen LogP contribution in [-0.4, -0.2) is 31.3 Å². The zero-order chi connectivity index (χ0) is 19.9. The van der Waals surface area contributed by atoms with Gasteiger partial charge in [-0.2, -0.15) is 0 Å². The van der Waals surface area contributed by atoms with Gasteiger partial charge in [-0.3, -0.25) is 9.59 Å². The average Bonchev–Trinajstić information content (AvgIpc) is 2.68. The molecule has 0 unspecified atom stereocenters. The largest absolute Gasteiger partial charge is 0.466 e. The fraction of sp³-hybridized carbons (Fsp3) is 0.273. The van der Waals surface area contributed by atoms with E-state index in [1.807, 2.05) is 12.1 Å². The topological polar surface area (TPSA) is 52.6 Å². The average molecular weight is 386 g/mol. The van der Waals surface area contributed by atoms with E-state index in [-0.39, 0.29) is 19.9 Å². The Balaban J connectivity index is 0.000000445. The highest BCUT2D eigenvalue weighted by molar-refractivity contribution is 7.73. The van der Waals surface area contributed by atoms with Crippen molar-refractivity contribution in [3.05, 3.63) is 73.3 Å². The molecule has 0 saturated heterocycles. The van der Waals surface area contributed by atoms with Crippen molar-refractivity contribution in [3.63, 3.8) is 0 Å². The molecule has 0 aromatic heterocycles. The zero-order valence-electron chi connectivity index (χ0n) is 16.0.